The molecular weight excluding hydrogens is 568 g/mol. The molecule has 4 aliphatic rings. The minimum absolute atomic E-state index is 0.0426. The van der Waals surface area contributed by atoms with Crippen molar-refractivity contribution in [3.8, 4) is 5.88 Å². The number of fused-ring (bicyclic) bond motifs is 5. The Labute approximate surface area is 258 Å². The monoisotopic (exact) mass is 610 g/mol. The summed E-state index contributed by atoms with van der Waals surface area (Å²) in [5.74, 6) is 0.186. The van der Waals surface area contributed by atoms with E-state index in [2.05, 4.69) is 5.32 Å². The number of rotatable bonds is 2. The Balaban J connectivity index is 1.37. The van der Waals surface area contributed by atoms with Gasteiger partial charge in [-0.1, -0.05) is 52.1 Å². The van der Waals surface area contributed by atoms with E-state index < -0.39 is 35.3 Å². The molecule has 0 unspecified atom stereocenters. The summed E-state index contributed by atoms with van der Waals surface area (Å²) in [7, 11) is 0. The summed E-state index contributed by atoms with van der Waals surface area (Å²) >= 11 is 6.28. The molecule has 6 atom stereocenters. The SMILES string of the molecule is C[C@@H]1[C@@H]2CN(C(=O)[C@H](C(C)(C)C)NC(=O)O[C@]3(C)C[C@H]3CCCCCc3nc4ccc(Cl)cc4nc3O2)[C@@H]1C(=O)C1CC1. The average molecular weight is 611 g/mol. The molecule has 3 heterocycles. The van der Waals surface area contributed by atoms with Crippen molar-refractivity contribution in [3.05, 3.63) is 28.9 Å². The Morgan fingerprint density at radius 3 is 2.58 bits per heavy atom. The minimum atomic E-state index is -0.877. The van der Waals surface area contributed by atoms with Crippen molar-refractivity contribution in [2.24, 2.45) is 23.2 Å². The summed E-state index contributed by atoms with van der Waals surface area (Å²) in [5.41, 5.74) is 1.03. The van der Waals surface area contributed by atoms with Crippen molar-refractivity contribution in [1.82, 2.24) is 20.2 Å². The number of alkyl carbamates (subject to hydrolysis) is 1. The van der Waals surface area contributed by atoms with E-state index in [0.717, 1.165) is 56.2 Å². The maximum atomic E-state index is 14.3. The van der Waals surface area contributed by atoms with Crippen molar-refractivity contribution < 1.29 is 23.9 Å². The first-order chi connectivity index (χ1) is 20.3. The van der Waals surface area contributed by atoms with Crippen LogP contribution in [0.15, 0.2) is 18.2 Å². The average Bonchev–Trinajstić information content (AvgIpc) is 3.85. The van der Waals surface area contributed by atoms with Crippen LogP contribution in [0.5, 0.6) is 5.88 Å². The quantitative estimate of drug-likeness (QED) is 0.451. The highest BCUT2D eigenvalue weighted by Gasteiger charge is 2.55. The number of ether oxygens (including phenoxy) is 2. The Hall–Kier alpha value is -2.94. The van der Waals surface area contributed by atoms with E-state index in [1.165, 1.54) is 0 Å². The number of carbonyl (C=O) groups excluding carboxylic acids is 3. The van der Waals surface area contributed by atoms with Gasteiger partial charge >= 0.3 is 6.09 Å². The zero-order chi connectivity index (χ0) is 30.7. The lowest BCUT2D eigenvalue weighted by molar-refractivity contribution is -0.142. The number of nitrogens with zero attached hydrogens (tertiary/aromatic N) is 3. The van der Waals surface area contributed by atoms with Gasteiger partial charge in [0.1, 0.15) is 23.4 Å². The molecule has 2 bridgehead atoms. The molecule has 1 aromatic heterocycles. The number of carbonyl (C=O) groups is 3. The van der Waals surface area contributed by atoms with E-state index in [0.29, 0.717) is 28.8 Å². The van der Waals surface area contributed by atoms with Crippen LogP contribution in [0.4, 0.5) is 4.79 Å². The number of hydrogen-bond donors (Lipinski definition) is 1. The number of amides is 2. The summed E-state index contributed by atoms with van der Waals surface area (Å²) < 4.78 is 12.5. The Bertz CT molecular complexity index is 1440. The summed E-state index contributed by atoms with van der Waals surface area (Å²) in [4.78, 5) is 52.6. The van der Waals surface area contributed by atoms with Gasteiger partial charge in [0.15, 0.2) is 5.78 Å². The highest BCUT2D eigenvalue weighted by molar-refractivity contribution is 6.31. The van der Waals surface area contributed by atoms with Gasteiger partial charge in [0.25, 0.3) is 0 Å². The van der Waals surface area contributed by atoms with Crippen molar-refractivity contribution in [2.75, 3.05) is 6.54 Å². The van der Waals surface area contributed by atoms with Crippen LogP contribution in [-0.4, -0.2) is 63.0 Å². The molecule has 2 amide bonds. The molecule has 2 saturated carbocycles. The lowest BCUT2D eigenvalue weighted by Gasteiger charge is -2.35. The smallest absolute Gasteiger partial charge is 0.408 e. The number of ketones is 1. The van der Waals surface area contributed by atoms with Crippen molar-refractivity contribution in [1.29, 1.82) is 0 Å². The van der Waals surface area contributed by atoms with Gasteiger partial charge < -0.3 is 19.7 Å². The summed E-state index contributed by atoms with van der Waals surface area (Å²) in [6.07, 6.45) is 6.03. The van der Waals surface area contributed by atoms with Gasteiger partial charge in [0.05, 0.1) is 23.6 Å². The van der Waals surface area contributed by atoms with Crippen molar-refractivity contribution in [3.63, 3.8) is 0 Å². The van der Waals surface area contributed by atoms with E-state index in [-0.39, 0.29) is 30.1 Å². The molecule has 3 fully saturated rings. The second kappa shape index (κ2) is 11.2. The maximum Gasteiger partial charge on any atom is 0.408 e. The number of Topliss-reactive ketones (excluding diaryl/α,β-unsaturated/α-hetero) is 1. The molecule has 2 aliphatic carbocycles. The van der Waals surface area contributed by atoms with E-state index >= 15 is 0 Å². The van der Waals surface area contributed by atoms with Crippen LogP contribution >= 0.6 is 11.6 Å². The number of halogens is 1. The van der Waals surface area contributed by atoms with Crippen LogP contribution in [-0.2, 0) is 20.7 Å². The minimum Gasteiger partial charge on any atom is -0.471 e. The van der Waals surface area contributed by atoms with Gasteiger partial charge in [-0.15, -0.1) is 0 Å². The van der Waals surface area contributed by atoms with E-state index in [9.17, 15) is 14.4 Å². The number of hydrogen-bond acceptors (Lipinski definition) is 7. The predicted molar refractivity (Wildman–Crippen MR) is 163 cm³/mol. The third-order valence-electron chi connectivity index (χ3n) is 9.80. The Morgan fingerprint density at radius 2 is 1.86 bits per heavy atom. The molecule has 1 aromatic carbocycles. The highest BCUT2D eigenvalue weighted by Crippen LogP contribution is 2.50. The Kier molecular flexibility index (Phi) is 7.84. The normalized spacial score (nSPS) is 32.0. The zero-order valence-corrected chi connectivity index (χ0v) is 26.6. The zero-order valence-electron chi connectivity index (χ0n) is 25.8. The van der Waals surface area contributed by atoms with E-state index in [4.69, 9.17) is 31.0 Å². The topological polar surface area (TPSA) is 111 Å². The third kappa shape index (κ3) is 6.19. The Morgan fingerprint density at radius 1 is 1.09 bits per heavy atom. The van der Waals surface area contributed by atoms with Crippen LogP contribution < -0.4 is 10.1 Å². The lowest BCUT2D eigenvalue weighted by atomic mass is 9.85. The molecule has 9 nitrogen and oxygen atoms in total. The number of benzene rings is 1. The van der Waals surface area contributed by atoms with Crippen LogP contribution in [0.2, 0.25) is 5.02 Å². The fraction of sp³-hybridized carbons (Fsp3) is 0.667. The predicted octanol–water partition coefficient (Wildman–Crippen LogP) is 5.89. The van der Waals surface area contributed by atoms with Crippen LogP contribution in [0, 0.1) is 23.2 Å². The molecular formula is C33H43ClN4O5. The number of nitrogens with one attached hydrogen (secondary N) is 1. The summed E-state index contributed by atoms with van der Waals surface area (Å²) in [6.45, 7) is 9.89. The number of aromatic nitrogens is 2. The van der Waals surface area contributed by atoms with Crippen LogP contribution in [0.3, 0.4) is 0 Å². The van der Waals surface area contributed by atoms with Crippen molar-refractivity contribution in [2.45, 2.75) is 110 Å². The van der Waals surface area contributed by atoms with Gasteiger partial charge in [0.2, 0.25) is 11.8 Å². The summed E-state index contributed by atoms with van der Waals surface area (Å²) in [5, 5.41) is 3.46. The molecule has 43 heavy (non-hydrogen) atoms. The first-order valence-corrected chi connectivity index (χ1v) is 16.2. The molecule has 2 aliphatic heterocycles. The summed E-state index contributed by atoms with van der Waals surface area (Å²) in [6, 6.07) is 3.93. The molecule has 232 valence electrons. The van der Waals surface area contributed by atoms with Gasteiger partial charge in [-0.25, -0.2) is 14.8 Å². The molecule has 1 saturated heterocycles. The van der Waals surface area contributed by atoms with Gasteiger partial charge in [0, 0.05) is 22.8 Å². The molecule has 1 N–H and O–H groups in total. The standard InChI is InChI=1S/C33H43ClN4O5/c1-18-25-17-38(26(18)27(39)19-11-12-19)30(40)28(32(2,3)4)37-31(41)43-33(5)16-20(33)9-7-6-8-10-23-29(42-25)36-24-15-21(34)13-14-22(24)35-23/h13-15,18-20,25-26,28H,6-12,16-17H2,1-5H3,(H,37,41)/t18-,20-,25+,26+,28-,33-/m1/s1. The van der Waals surface area contributed by atoms with Crippen LogP contribution in [0.1, 0.15) is 85.3 Å². The number of aryl methyl sites for hydroxylation is 1. The molecule has 2 aromatic rings. The fourth-order valence-electron chi connectivity index (χ4n) is 6.80. The van der Waals surface area contributed by atoms with Gasteiger partial charge in [-0.3, -0.25) is 9.59 Å². The van der Waals surface area contributed by atoms with Gasteiger partial charge in [-0.2, -0.15) is 0 Å². The van der Waals surface area contributed by atoms with Gasteiger partial charge in [-0.05, 0) is 69.1 Å². The van der Waals surface area contributed by atoms with Crippen LogP contribution in [0.25, 0.3) is 11.0 Å². The molecule has 6 rings (SSSR count). The molecule has 10 heteroatoms. The second-order valence-corrected chi connectivity index (χ2v) is 14.8. The lowest BCUT2D eigenvalue weighted by Crippen LogP contribution is -2.57. The largest absolute Gasteiger partial charge is 0.471 e. The maximum absolute atomic E-state index is 14.3. The highest BCUT2D eigenvalue weighted by atomic mass is 35.5. The molecule has 0 spiro atoms. The third-order valence-corrected chi connectivity index (χ3v) is 10.0. The van der Waals surface area contributed by atoms with Crippen molar-refractivity contribution >= 4 is 40.4 Å². The fourth-order valence-corrected chi connectivity index (χ4v) is 6.97. The van der Waals surface area contributed by atoms with E-state index in [1.807, 2.05) is 46.8 Å². The molecule has 0 radical (unpaired) electrons. The second-order valence-electron chi connectivity index (χ2n) is 14.4. The van der Waals surface area contributed by atoms with E-state index in [1.54, 1.807) is 11.0 Å². The first kappa shape index (κ1) is 30.1. The first-order valence-electron chi connectivity index (χ1n) is 15.8.